The summed E-state index contributed by atoms with van der Waals surface area (Å²) in [6, 6.07) is 26.1. The largest absolute Gasteiger partial charge is 0.453 e. The molecule has 0 saturated carbocycles. The van der Waals surface area contributed by atoms with Crippen LogP contribution < -0.4 is 15.7 Å². The van der Waals surface area contributed by atoms with Gasteiger partial charge in [0.15, 0.2) is 0 Å². The standard InChI is InChI=1S/C24H21FNO2PS/c1-24(22-16-17-23(27)28-22,20-14-8-9-15-21(20)25)26-29(30,18-10-4-2-5-11-18)19-12-6-3-7-13-19/h2-17,22H,1H3,(H,26,30)/t22-,24+/m1/s1. The molecule has 1 aliphatic rings. The molecular weight excluding hydrogens is 416 g/mol. The number of hydrogen-bond acceptors (Lipinski definition) is 3. The number of hydrogen-bond donors (Lipinski definition) is 1. The first-order valence-corrected chi connectivity index (χ1v) is 12.4. The SMILES string of the molecule is C[C@](NP(=S)(c1ccccc1)c1ccccc1)(c1ccccc1F)[C@H]1C=CC(=O)O1. The second-order valence-corrected chi connectivity index (χ2v) is 11.4. The molecule has 0 aromatic heterocycles. The zero-order valence-electron chi connectivity index (χ0n) is 16.4. The lowest BCUT2D eigenvalue weighted by atomic mass is 9.87. The highest BCUT2D eigenvalue weighted by molar-refractivity contribution is 8.20. The molecule has 152 valence electrons. The summed E-state index contributed by atoms with van der Waals surface area (Å²) in [5.74, 6) is -0.830. The Morgan fingerprint density at radius 2 is 1.47 bits per heavy atom. The lowest BCUT2D eigenvalue weighted by Gasteiger charge is -2.40. The molecule has 3 nitrogen and oxygen atoms in total. The van der Waals surface area contributed by atoms with E-state index in [2.05, 4.69) is 5.09 Å². The molecule has 6 heteroatoms. The first kappa shape index (κ1) is 20.7. The highest BCUT2D eigenvalue weighted by atomic mass is 32.4. The third-order valence-corrected chi connectivity index (χ3v) is 9.65. The fourth-order valence-corrected chi connectivity index (χ4v) is 7.66. The van der Waals surface area contributed by atoms with Gasteiger partial charge in [-0.05, 0) is 19.1 Å². The first-order chi connectivity index (χ1) is 14.4. The lowest BCUT2D eigenvalue weighted by Crippen LogP contribution is -2.50. The minimum atomic E-state index is -2.61. The molecule has 0 aliphatic carbocycles. The Morgan fingerprint density at radius 1 is 0.933 bits per heavy atom. The fraction of sp³-hybridized carbons (Fsp3) is 0.125. The van der Waals surface area contributed by atoms with E-state index >= 15 is 0 Å². The molecule has 0 amide bonds. The molecule has 3 aromatic carbocycles. The number of carbonyl (C=O) groups excluding carboxylic acids is 1. The highest BCUT2D eigenvalue weighted by Crippen LogP contribution is 2.46. The summed E-state index contributed by atoms with van der Waals surface area (Å²) in [6.07, 6.45) is -0.270. The molecule has 3 aromatic rings. The molecule has 0 bridgehead atoms. The van der Waals surface area contributed by atoms with E-state index in [1.54, 1.807) is 24.3 Å². The molecule has 2 atom stereocenters. The monoisotopic (exact) mass is 437 g/mol. The molecule has 1 aliphatic heterocycles. The van der Waals surface area contributed by atoms with Crippen LogP contribution in [-0.2, 0) is 26.9 Å². The van der Waals surface area contributed by atoms with Crippen LogP contribution in [0.2, 0.25) is 0 Å². The van der Waals surface area contributed by atoms with Gasteiger partial charge in [0.1, 0.15) is 11.9 Å². The van der Waals surface area contributed by atoms with E-state index in [0.717, 1.165) is 10.6 Å². The van der Waals surface area contributed by atoms with E-state index in [4.69, 9.17) is 16.5 Å². The van der Waals surface area contributed by atoms with Crippen molar-refractivity contribution in [1.82, 2.24) is 5.09 Å². The van der Waals surface area contributed by atoms with Crippen molar-refractivity contribution in [2.75, 3.05) is 0 Å². The van der Waals surface area contributed by atoms with Crippen LogP contribution >= 0.6 is 6.19 Å². The normalized spacial score (nSPS) is 18.1. The van der Waals surface area contributed by atoms with E-state index in [9.17, 15) is 9.18 Å². The topological polar surface area (TPSA) is 38.3 Å². The van der Waals surface area contributed by atoms with Gasteiger partial charge in [0, 0.05) is 22.2 Å². The number of rotatable bonds is 6. The van der Waals surface area contributed by atoms with Crippen molar-refractivity contribution in [3.05, 3.63) is 108 Å². The van der Waals surface area contributed by atoms with Gasteiger partial charge in [-0.3, -0.25) is 5.09 Å². The maximum absolute atomic E-state index is 15.0. The van der Waals surface area contributed by atoms with Gasteiger partial charge in [-0.25, -0.2) is 9.18 Å². The number of benzene rings is 3. The van der Waals surface area contributed by atoms with E-state index < -0.39 is 23.8 Å². The Kier molecular flexibility index (Phi) is 5.70. The Bertz CT molecular complexity index is 1090. The molecule has 1 heterocycles. The number of cyclic esters (lactones) is 1. The third-order valence-electron chi connectivity index (χ3n) is 5.28. The lowest BCUT2D eigenvalue weighted by molar-refractivity contribution is -0.141. The average molecular weight is 437 g/mol. The van der Waals surface area contributed by atoms with Crippen LogP contribution in [-0.4, -0.2) is 12.1 Å². The van der Waals surface area contributed by atoms with Crippen molar-refractivity contribution in [2.24, 2.45) is 0 Å². The minimum Gasteiger partial charge on any atom is -0.453 e. The van der Waals surface area contributed by atoms with Gasteiger partial charge in [-0.2, -0.15) is 0 Å². The Hall–Kier alpha value is -2.59. The predicted molar refractivity (Wildman–Crippen MR) is 122 cm³/mol. The maximum Gasteiger partial charge on any atom is 0.331 e. The predicted octanol–water partition coefficient (Wildman–Crippen LogP) is 4.16. The molecule has 0 unspecified atom stereocenters. The van der Waals surface area contributed by atoms with Crippen molar-refractivity contribution in [3.8, 4) is 0 Å². The van der Waals surface area contributed by atoms with Crippen molar-refractivity contribution >= 4 is 34.6 Å². The van der Waals surface area contributed by atoms with Crippen molar-refractivity contribution in [3.63, 3.8) is 0 Å². The summed E-state index contributed by atoms with van der Waals surface area (Å²) in [4.78, 5) is 11.9. The van der Waals surface area contributed by atoms with E-state index in [1.165, 1.54) is 12.1 Å². The summed E-state index contributed by atoms with van der Waals surface area (Å²) >= 11 is 6.30. The van der Waals surface area contributed by atoms with Crippen LogP contribution in [0, 0.1) is 5.82 Å². The first-order valence-electron chi connectivity index (χ1n) is 9.58. The molecule has 30 heavy (non-hydrogen) atoms. The van der Waals surface area contributed by atoms with Crippen LogP contribution in [0.4, 0.5) is 4.39 Å². The maximum atomic E-state index is 15.0. The summed E-state index contributed by atoms with van der Waals surface area (Å²) in [5, 5.41) is 5.51. The van der Waals surface area contributed by atoms with Crippen LogP contribution in [0.3, 0.4) is 0 Å². The van der Waals surface area contributed by atoms with Crippen LogP contribution in [0.5, 0.6) is 0 Å². The molecule has 0 saturated heterocycles. The molecule has 1 N–H and O–H groups in total. The van der Waals surface area contributed by atoms with E-state index in [-0.39, 0.29) is 5.82 Å². The van der Waals surface area contributed by atoms with Gasteiger partial charge >= 0.3 is 5.97 Å². The van der Waals surface area contributed by atoms with Crippen LogP contribution in [0.1, 0.15) is 12.5 Å². The van der Waals surface area contributed by atoms with E-state index in [1.807, 2.05) is 67.6 Å². The van der Waals surface area contributed by atoms with Crippen molar-refractivity contribution < 1.29 is 13.9 Å². The zero-order valence-corrected chi connectivity index (χ0v) is 18.1. The summed E-state index contributed by atoms with van der Waals surface area (Å²) in [7, 11) is 0. The van der Waals surface area contributed by atoms with Gasteiger partial charge in [0.2, 0.25) is 0 Å². The zero-order chi connectivity index (χ0) is 21.2. The molecule has 0 spiro atoms. The Labute approximate surface area is 180 Å². The van der Waals surface area contributed by atoms with Crippen molar-refractivity contribution in [2.45, 2.75) is 18.6 Å². The number of ether oxygens (including phenoxy) is 1. The number of nitrogens with one attached hydrogen (secondary N) is 1. The molecule has 4 rings (SSSR count). The van der Waals surface area contributed by atoms with Gasteiger partial charge in [-0.1, -0.05) is 90.7 Å². The van der Waals surface area contributed by atoms with E-state index in [0.29, 0.717) is 5.56 Å². The number of halogens is 1. The summed E-state index contributed by atoms with van der Waals surface area (Å²) < 4.78 is 20.5. The second kappa shape index (κ2) is 8.27. The van der Waals surface area contributed by atoms with Gasteiger partial charge in [-0.15, -0.1) is 0 Å². The molecular formula is C24H21FNO2PS. The van der Waals surface area contributed by atoms with Gasteiger partial charge in [0.25, 0.3) is 0 Å². The fourth-order valence-electron chi connectivity index (χ4n) is 3.72. The Balaban J connectivity index is 1.90. The molecule has 0 radical (unpaired) electrons. The van der Waals surface area contributed by atoms with Crippen molar-refractivity contribution in [1.29, 1.82) is 0 Å². The van der Waals surface area contributed by atoms with Crippen LogP contribution in [0.15, 0.2) is 97.1 Å². The highest BCUT2D eigenvalue weighted by Gasteiger charge is 2.44. The van der Waals surface area contributed by atoms with Crippen LogP contribution in [0.25, 0.3) is 0 Å². The smallest absolute Gasteiger partial charge is 0.331 e. The second-order valence-electron chi connectivity index (χ2n) is 7.29. The summed E-state index contributed by atoms with van der Waals surface area (Å²) in [5.41, 5.74) is -0.676. The number of esters is 1. The van der Waals surface area contributed by atoms with Gasteiger partial charge < -0.3 is 4.74 Å². The Morgan fingerprint density at radius 3 is 1.97 bits per heavy atom. The summed E-state index contributed by atoms with van der Waals surface area (Å²) in [6.45, 7) is 1.84. The van der Waals surface area contributed by atoms with Gasteiger partial charge in [0.05, 0.1) is 11.7 Å². The number of carbonyl (C=O) groups is 1. The average Bonchev–Trinajstić information content (AvgIpc) is 3.22. The minimum absolute atomic E-state index is 0.383. The quantitative estimate of drug-likeness (QED) is 0.464. The molecule has 0 fully saturated rings. The third kappa shape index (κ3) is 3.77.